The fourth-order valence-electron chi connectivity index (χ4n) is 7.03. The van der Waals surface area contributed by atoms with Crippen LogP contribution in [-0.2, 0) is 38.0 Å². The Hall–Kier alpha value is -6.23. The van der Waals surface area contributed by atoms with Crippen LogP contribution in [0.15, 0.2) is 61.1 Å². The minimum atomic E-state index is -1.41. The molecule has 1 aromatic carbocycles. The van der Waals surface area contributed by atoms with E-state index < -0.39 is 41.7 Å². The molecule has 20 nitrogen and oxygen atoms in total. The van der Waals surface area contributed by atoms with Gasteiger partial charge >= 0.3 is 0 Å². The molecule has 5 N–H and O–H groups in total. The number of carbonyl (C=O) groups excluding carboxylic acids is 5. The number of nitrogens with one attached hydrogen (secondary N) is 5. The number of hydrogen-bond acceptors (Lipinski definition) is 17. The first kappa shape index (κ1) is 47.7. The number of halogens is 1. The molecule has 0 bridgehead atoms. The van der Waals surface area contributed by atoms with Crippen LogP contribution in [-0.4, -0.2) is 160 Å². The van der Waals surface area contributed by atoms with E-state index in [1.165, 1.54) is 6.20 Å². The maximum Gasteiger partial charge on any atom is 0.264 e. The van der Waals surface area contributed by atoms with Crippen molar-refractivity contribution in [2.75, 3.05) is 108 Å². The van der Waals surface area contributed by atoms with Gasteiger partial charge in [0.05, 0.1) is 114 Å². The third-order valence-corrected chi connectivity index (χ3v) is 10.5. The van der Waals surface area contributed by atoms with E-state index in [-0.39, 0.29) is 56.4 Å². The molecule has 4 aromatic rings. The third kappa shape index (κ3) is 13.7. The number of imide groups is 2. The average molecular weight is 916 g/mol. The number of ether oxygens (including phenoxy) is 6. The summed E-state index contributed by atoms with van der Waals surface area (Å²) >= 11 is 0. The molecule has 0 spiro atoms. The second-order valence-electron chi connectivity index (χ2n) is 15.5. The lowest BCUT2D eigenvalue weighted by Crippen LogP contribution is -2.54. The van der Waals surface area contributed by atoms with E-state index in [4.69, 9.17) is 28.4 Å². The van der Waals surface area contributed by atoms with Crippen molar-refractivity contribution in [3.63, 3.8) is 0 Å². The zero-order chi connectivity index (χ0) is 46.1. The molecule has 21 heteroatoms. The standard InChI is InChI=1S/C45H54FN9O11/c46-30(26-50-42(57)33-27-49-39(24-36(33)51-31-5-6-31)53-38-8-4-29-25-47-11-10-34(29)52-38)28-66-23-22-65-21-20-64-19-18-63-17-16-62-15-14-61-13-12-48-35-3-1-2-32-41(35)45(60)55(44(32)59)37-7-9-40(56)54-43(37)58/h1-4,8,10-11,24-25,27,30-31,37,48H,5-7,9,12-23,26,28H2,(H,50,57)(H,54,56,58)(H2,49,51,52,53). The lowest BCUT2D eigenvalue weighted by molar-refractivity contribution is -0.136. The second kappa shape index (κ2) is 24.3. The molecule has 5 amide bonds. The first-order chi connectivity index (χ1) is 32.2. The Balaban J connectivity index is 0.651. The van der Waals surface area contributed by atoms with E-state index in [1.54, 1.807) is 36.7 Å². The number of alkyl halides is 1. The number of anilines is 4. The van der Waals surface area contributed by atoms with Crippen LogP contribution in [0.3, 0.4) is 0 Å². The van der Waals surface area contributed by atoms with Crippen molar-refractivity contribution in [3.8, 4) is 0 Å². The smallest absolute Gasteiger partial charge is 0.264 e. The maximum absolute atomic E-state index is 14.6. The second-order valence-corrected chi connectivity index (χ2v) is 15.5. The van der Waals surface area contributed by atoms with Gasteiger partial charge in [-0.3, -0.25) is 39.2 Å². The van der Waals surface area contributed by atoms with Crippen LogP contribution in [0.25, 0.3) is 10.9 Å². The number of nitrogens with zero attached hydrogens (tertiary/aromatic N) is 4. The van der Waals surface area contributed by atoms with Crippen molar-refractivity contribution < 1.29 is 56.8 Å². The number of amides is 5. The van der Waals surface area contributed by atoms with E-state index in [0.29, 0.717) is 94.6 Å². The van der Waals surface area contributed by atoms with Gasteiger partial charge in [0.1, 0.15) is 23.8 Å². The number of rotatable bonds is 29. The Kier molecular flexibility index (Phi) is 17.6. The Labute approximate surface area is 380 Å². The fraction of sp³-hybridized carbons (Fsp3) is 0.467. The number of carbonyl (C=O) groups is 5. The van der Waals surface area contributed by atoms with E-state index >= 15 is 0 Å². The number of aromatic nitrogens is 3. The van der Waals surface area contributed by atoms with Crippen LogP contribution in [0.2, 0.25) is 0 Å². The van der Waals surface area contributed by atoms with Gasteiger partial charge in [-0.1, -0.05) is 6.07 Å². The molecule has 1 saturated heterocycles. The van der Waals surface area contributed by atoms with E-state index in [2.05, 4.69) is 41.5 Å². The molecule has 2 aliphatic heterocycles. The number of hydrogen-bond donors (Lipinski definition) is 5. The third-order valence-electron chi connectivity index (χ3n) is 10.5. The molecule has 352 valence electrons. The van der Waals surface area contributed by atoms with Crippen molar-refractivity contribution >= 4 is 63.4 Å². The van der Waals surface area contributed by atoms with E-state index in [1.807, 2.05) is 18.2 Å². The van der Waals surface area contributed by atoms with Crippen molar-refractivity contribution in [3.05, 3.63) is 77.7 Å². The number of pyridine rings is 3. The van der Waals surface area contributed by atoms with Crippen molar-refractivity contribution in [2.45, 2.75) is 43.9 Å². The molecule has 3 aliphatic rings. The summed E-state index contributed by atoms with van der Waals surface area (Å²) in [6.07, 6.45) is 5.61. The quantitative estimate of drug-likeness (QED) is 0.0388. The fourth-order valence-corrected chi connectivity index (χ4v) is 7.03. The van der Waals surface area contributed by atoms with Crippen LogP contribution in [0.1, 0.15) is 56.8 Å². The summed E-state index contributed by atoms with van der Waals surface area (Å²) in [4.78, 5) is 77.1. The molecule has 3 aromatic heterocycles. The monoisotopic (exact) mass is 915 g/mol. The Morgan fingerprint density at radius 1 is 0.788 bits per heavy atom. The minimum Gasteiger partial charge on any atom is -0.382 e. The summed E-state index contributed by atoms with van der Waals surface area (Å²) in [5.41, 5.74) is 2.57. The largest absolute Gasteiger partial charge is 0.382 e. The summed E-state index contributed by atoms with van der Waals surface area (Å²) in [5.74, 6) is -1.55. The number of benzene rings is 1. The molecule has 0 radical (unpaired) electrons. The van der Waals surface area contributed by atoms with Gasteiger partial charge in [-0.15, -0.1) is 0 Å². The van der Waals surface area contributed by atoms with Gasteiger partial charge < -0.3 is 49.7 Å². The molecular formula is C45H54FN9O11. The Bertz CT molecular complexity index is 2320. The number of fused-ring (bicyclic) bond motifs is 2. The zero-order valence-electron chi connectivity index (χ0n) is 36.4. The van der Waals surface area contributed by atoms with Gasteiger partial charge in [0.25, 0.3) is 17.7 Å². The van der Waals surface area contributed by atoms with Gasteiger partial charge in [-0.05, 0) is 49.6 Å². The molecule has 66 heavy (non-hydrogen) atoms. The SMILES string of the molecule is O=C1CCC(N2C(=O)c3cccc(NCCOCCOCCOCCOCCOCCOCC(F)CNC(=O)c4cnc(Nc5ccc6cnccc6n5)cc4NC4CC4)c3C2=O)C(=O)N1. The van der Waals surface area contributed by atoms with Crippen molar-refractivity contribution in [1.29, 1.82) is 0 Å². The van der Waals surface area contributed by atoms with Gasteiger partial charge in [-0.25, -0.2) is 14.4 Å². The van der Waals surface area contributed by atoms with Gasteiger partial charge in [0, 0.05) is 54.7 Å². The Morgan fingerprint density at radius 2 is 1.48 bits per heavy atom. The maximum atomic E-state index is 14.6. The van der Waals surface area contributed by atoms with Gasteiger partial charge in [-0.2, -0.15) is 0 Å². The lowest BCUT2D eigenvalue weighted by atomic mass is 10.0. The van der Waals surface area contributed by atoms with Gasteiger partial charge in [0.15, 0.2) is 0 Å². The summed E-state index contributed by atoms with van der Waals surface area (Å²) in [5, 5.41) is 15.4. The zero-order valence-corrected chi connectivity index (χ0v) is 36.4. The topological polar surface area (TPSA) is 243 Å². The molecule has 7 rings (SSSR count). The van der Waals surface area contributed by atoms with Gasteiger partial charge in [0.2, 0.25) is 11.8 Å². The van der Waals surface area contributed by atoms with E-state index in [0.717, 1.165) is 28.6 Å². The summed E-state index contributed by atoms with van der Waals surface area (Å²) in [6.45, 7) is 3.60. The first-order valence-corrected chi connectivity index (χ1v) is 22.0. The number of piperidine rings is 1. The molecule has 2 unspecified atom stereocenters. The van der Waals surface area contributed by atoms with Crippen LogP contribution >= 0.6 is 0 Å². The van der Waals surface area contributed by atoms with Crippen LogP contribution < -0.4 is 26.6 Å². The lowest BCUT2D eigenvalue weighted by Gasteiger charge is -2.27. The van der Waals surface area contributed by atoms with Crippen LogP contribution in [0.5, 0.6) is 0 Å². The molecular weight excluding hydrogens is 862 g/mol. The highest BCUT2D eigenvalue weighted by molar-refractivity contribution is 6.25. The summed E-state index contributed by atoms with van der Waals surface area (Å²) in [6, 6.07) is 11.4. The highest BCUT2D eigenvalue weighted by Crippen LogP contribution is 2.33. The average Bonchev–Trinajstić information content (AvgIpc) is 4.10. The predicted molar refractivity (Wildman–Crippen MR) is 237 cm³/mol. The molecule has 2 fully saturated rings. The minimum absolute atomic E-state index is 0.0524. The highest BCUT2D eigenvalue weighted by Gasteiger charge is 2.45. The molecule has 2 atom stereocenters. The summed E-state index contributed by atoms with van der Waals surface area (Å²) < 4.78 is 47.6. The molecule has 5 heterocycles. The predicted octanol–water partition coefficient (Wildman–Crippen LogP) is 3.02. The highest BCUT2D eigenvalue weighted by atomic mass is 19.1. The Morgan fingerprint density at radius 3 is 2.18 bits per heavy atom. The molecule has 1 aliphatic carbocycles. The van der Waals surface area contributed by atoms with Crippen LogP contribution in [0.4, 0.5) is 27.4 Å². The van der Waals surface area contributed by atoms with Crippen LogP contribution in [0, 0.1) is 0 Å². The summed E-state index contributed by atoms with van der Waals surface area (Å²) in [7, 11) is 0. The van der Waals surface area contributed by atoms with Crippen molar-refractivity contribution in [2.24, 2.45) is 0 Å². The molecule has 1 saturated carbocycles. The normalized spacial score (nSPS) is 16.3. The van der Waals surface area contributed by atoms with Crippen molar-refractivity contribution in [1.82, 2.24) is 30.5 Å². The van der Waals surface area contributed by atoms with E-state index in [9.17, 15) is 28.4 Å². The first-order valence-electron chi connectivity index (χ1n) is 22.0.